The highest BCUT2D eigenvalue weighted by Gasteiger charge is 2.13. The van der Waals surface area contributed by atoms with Crippen LogP contribution in [-0.2, 0) is 6.61 Å². The number of hydrazone groups is 1. The fourth-order valence-corrected chi connectivity index (χ4v) is 3.95. The molecule has 0 aliphatic heterocycles. The third kappa shape index (κ3) is 6.87. The molecule has 0 aromatic heterocycles. The van der Waals surface area contributed by atoms with Crippen LogP contribution in [0.1, 0.15) is 38.8 Å². The molecular weight excluding hydrogens is 579 g/mol. The largest absolute Gasteiger partial charge is 0.493 e. The Morgan fingerprint density at radius 3 is 2.28 bits per heavy atom. The summed E-state index contributed by atoms with van der Waals surface area (Å²) in [5.41, 5.74) is 4.60. The zero-order chi connectivity index (χ0) is 26.1. The number of hydrogen-bond acceptors (Lipinski definition) is 7. The van der Waals surface area contributed by atoms with Crippen LogP contribution in [0, 0.1) is 3.57 Å². The second-order valence-corrected chi connectivity index (χ2v) is 8.48. The molecule has 9 nitrogen and oxygen atoms in total. The van der Waals surface area contributed by atoms with Gasteiger partial charge in [-0.05, 0) is 83.1 Å². The summed E-state index contributed by atoms with van der Waals surface area (Å²) in [5, 5.41) is 13.1. The minimum absolute atomic E-state index is 0.211. The van der Waals surface area contributed by atoms with E-state index in [4.69, 9.17) is 24.1 Å². The maximum Gasteiger partial charge on any atom is 0.335 e. The number of methoxy groups -OCH3 is 2. The van der Waals surface area contributed by atoms with Crippen LogP contribution in [0.25, 0.3) is 0 Å². The van der Waals surface area contributed by atoms with Crippen LogP contribution in [0.5, 0.6) is 23.0 Å². The Balaban J connectivity index is 1.67. The third-order valence-corrected chi connectivity index (χ3v) is 5.74. The molecule has 1 amide bonds. The number of nitrogens with one attached hydrogen (secondary N) is 1. The first-order chi connectivity index (χ1) is 17.4. The fourth-order valence-electron chi connectivity index (χ4n) is 3.17. The number of rotatable bonds is 11. The highest BCUT2D eigenvalue weighted by molar-refractivity contribution is 14.1. The highest BCUT2D eigenvalue weighted by Crippen LogP contribution is 2.34. The number of carboxylic acids is 1. The minimum atomic E-state index is -0.980. The molecule has 0 radical (unpaired) electrons. The van der Waals surface area contributed by atoms with Gasteiger partial charge in [-0.3, -0.25) is 4.79 Å². The SMILES string of the molecule is CCOc1ccc(C(=O)N/N=C/c2cc(I)c(OCc3ccc(C(=O)O)cc3)c(OC)c2)cc1OC. The molecule has 0 unspecified atom stereocenters. The fraction of sp³-hybridized carbons (Fsp3) is 0.192. The molecule has 0 fully saturated rings. The van der Waals surface area contributed by atoms with Gasteiger partial charge in [-0.2, -0.15) is 5.10 Å². The van der Waals surface area contributed by atoms with Crippen molar-refractivity contribution in [2.45, 2.75) is 13.5 Å². The molecule has 10 heteroatoms. The summed E-state index contributed by atoms with van der Waals surface area (Å²) in [6.07, 6.45) is 1.50. The molecule has 0 aliphatic carbocycles. The van der Waals surface area contributed by atoms with Gasteiger partial charge in [0.1, 0.15) is 6.61 Å². The van der Waals surface area contributed by atoms with Crippen LogP contribution in [0.3, 0.4) is 0 Å². The molecule has 0 atom stereocenters. The van der Waals surface area contributed by atoms with Gasteiger partial charge in [-0.1, -0.05) is 12.1 Å². The first-order valence-electron chi connectivity index (χ1n) is 10.8. The highest BCUT2D eigenvalue weighted by atomic mass is 127. The summed E-state index contributed by atoms with van der Waals surface area (Å²) in [7, 11) is 3.04. The van der Waals surface area contributed by atoms with Crippen molar-refractivity contribution in [2.24, 2.45) is 5.10 Å². The average Bonchev–Trinajstić information content (AvgIpc) is 2.88. The first kappa shape index (κ1) is 26.8. The second-order valence-electron chi connectivity index (χ2n) is 7.32. The summed E-state index contributed by atoms with van der Waals surface area (Å²) in [6.45, 7) is 2.59. The van der Waals surface area contributed by atoms with E-state index < -0.39 is 11.9 Å². The van der Waals surface area contributed by atoms with Crippen LogP contribution in [0.2, 0.25) is 0 Å². The predicted molar refractivity (Wildman–Crippen MR) is 143 cm³/mol. The molecule has 36 heavy (non-hydrogen) atoms. The van der Waals surface area contributed by atoms with Gasteiger partial charge >= 0.3 is 5.97 Å². The molecule has 3 rings (SSSR count). The molecule has 2 N–H and O–H groups in total. The second kappa shape index (κ2) is 12.8. The van der Waals surface area contributed by atoms with E-state index in [2.05, 4.69) is 33.1 Å². The lowest BCUT2D eigenvalue weighted by atomic mass is 10.1. The normalized spacial score (nSPS) is 10.7. The smallest absolute Gasteiger partial charge is 0.335 e. The Labute approximate surface area is 222 Å². The van der Waals surface area contributed by atoms with E-state index >= 15 is 0 Å². The summed E-state index contributed by atoms with van der Waals surface area (Å²) in [5.74, 6) is 0.674. The molecule has 0 heterocycles. The van der Waals surface area contributed by atoms with Crippen LogP contribution in [-0.4, -0.2) is 44.0 Å². The van der Waals surface area contributed by atoms with Crippen molar-refractivity contribution in [3.05, 3.63) is 80.4 Å². The van der Waals surface area contributed by atoms with Crippen molar-refractivity contribution < 1.29 is 33.6 Å². The van der Waals surface area contributed by atoms with Crippen molar-refractivity contribution in [3.63, 3.8) is 0 Å². The maximum absolute atomic E-state index is 12.5. The minimum Gasteiger partial charge on any atom is -0.493 e. The standard InChI is InChI=1S/C26H25IN2O7/c1-4-35-21-10-9-19(13-22(21)33-2)25(30)29-28-14-17-11-20(27)24(23(12-17)34-3)36-15-16-5-7-18(8-6-16)26(31)32/h5-14H,4,15H2,1-3H3,(H,29,30)(H,31,32)/b28-14+. The molecule has 0 saturated carbocycles. The van der Waals surface area contributed by atoms with Crippen molar-refractivity contribution in [1.82, 2.24) is 5.43 Å². The van der Waals surface area contributed by atoms with Gasteiger partial charge in [0.2, 0.25) is 0 Å². The van der Waals surface area contributed by atoms with E-state index in [1.165, 1.54) is 32.6 Å². The number of carboxylic acid groups (broad SMARTS) is 1. The number of carbonyl (C=O) groups excluding carboxylic acids is 1. The van der Waals surface area contributed by atoms with Gasteiger partial charge in [0.25, 0.3) is 5.91 Å². The lowest BCUT2D eigenvalue weighted by Crippen LogP contribution is -2.17. The zero-order valence-corrected chi connectivity index (χ0v) is 22.1. The molecular formula is C26H25IN2O7. The van der Waals surface area contributed by atoms with E-state index in [1.54, 1.807) is 36.4 Å². The molecule has 188 valence electrons. The number of benzene rings is 3. The molecule has 3 aromatic carbocycles. The van der Waals surface area contributed by atoms with E-state index in [-0.39, 0.29) is 12.2 Å². The molecule has 3 aromatic rings. The van der Waals surface area contributed by atoms with Crippen LogP contribution < -0.4 is 24.4 Å². The van der Waals surface area contributed by atoms with Crippen molar-refractivity contribution in [2.75, 3.05) is 20.8 Å². The van der Waals surface area contributed by atoms with Crippen molar-refractivity contribution in [1.29, 1.82) is 0 Å². The van der Waals surface area contributed by atoms with E-state index in [1.807, 2.05) is 13.0 Å². The lowest BCUT2D eigenvalue weighted by Gasteiger charge is -2.14. The predicted octanol–water partition coefficient (Wildman–Crippen LogP) is 4.75. The summed E-state index contributed by atoms with van der Waals surface area (Å²) < 4.78 is 22.9. The number of ether oxygens (including phenoxy) is 4. The number of carbonyl (C=O) groups is 2. The van der Waals surface area contributed by atoms with Gasteiger partial charge in [0.05, 0.1) is 36.2 Å². The van der Waals surface area contributed by atoms with Gasteiger partial charge in [-0.15, -0.1) is 0 Å². The van der Waals surface area contributed by atoms with E-state index in [9.17, 15) is 9.59 Å². The average molecular weight is 604 g/mol. The Hall–Kier alpha value is -3.80. The number of nitrogens with zero attached hydrogens (tertiary/aromatic N) is 1. The summed E-state index contributed by atoms with van der Waals surface area (Å²) in [6, 6.07) is 14.9. The summed E-state index contributed by atoms with van der Waals surface area (Å²) >= 11 is 2.13. The Kier molecular flexibility index (Phi) is 9.51. The number of aromatic carboxylic acids is 1. The number of amides is 1. The zero-order valence-electron chi connectivity index (χ0n) is 19.9. The van der Waals surface area contributed by atoms with Gasteiger partial charge in [0.15, 0.2) is 23.0 Å². The van der Waals surface area contributed by atoms with Gasteiger partial charge in [0, 0.05) is 5.56 Å². The molecule has 0 aliphatic rings. The first-order valence-corrected chi connectivity index (χ1v) is 11.9. The maximum atomic E-state index is 12.5. The quantitative estimate of drug-likeness (QED) is 0.185. The van der Waals surface area contributed by atoms with Gasteiger partial charge in [-0.25, -0.2) is 10.2 Å². The van der Waals surface area contributed by atoms with Crippen LogP contribution in [0.15, 0.2) is 59.7 Å². The molecule has 0 bridgehead atoms. The van der Waals surface area contributed by atoms with Crippen molar-refractivity contribution in [3.8, 4) is 23.0 Å². The number of halogens is 1. The lowest BCUT2D eigenvalue weighted by molar-refractivity contribution is 0.0696. The number of hydrogen-bond donors (Lipinski definition) is 2. The van der Waals surface area contributed by atoms with Crippen LogP contribution >= 0.6 is 22.6 Å². The van der Waals surface area contributed by atoms with Crippen LogP contribution in [0.4, 0.5) is 0 Å². The molecule has 0 spiro atoms. The third-order valence-electron chi connectivity index (χ3n) is 4.94. The monoisotopic (exact) mass is 604 g/mol. The summed E-state index contributed by atoms with van der Waals surface area (Å²) in [4.78, 5) is 23.5. The topological polar surface area (TPSA) is 116 Å². The van der Waals surface area contributed by atoms with E-state index in [0.29, 0.717) is 40.7 Å². The molecule has 0 saturated heterocycles. The Morgan fingerprint density at radius 2 is 1.64 bits per heavy atom. The van der Waals surface area contributed by atoms with Crippen molar-refractivity contribution >= 4 is 40.7 Å². The Morgan fingerprint density at radius 1 is 0.944 bits per heavy atom. The Bertz CT molecular complexity index is 1260. The van der Waals surface area contributed by atoms with Gasteiger partial charge < -0.3 is 24.1 Å². The van der Waals surface area contributed by atoms with E-state index in [0.717, 1.165) is 9.13 Å².